The zero-order valence-electron chi connectivity index (χ0n) is 86.2. The third-order valence-corrected chi connectivity index (χ3v) is 30.5. The Morgan fingerprint density at radius 1 is 0.497 bits per heavy atom. The number of aryl methyl sites for hydroxylation is 1. The van der Waals surface area contributed by atoms with Crippen LogP contribution >= 0.6 is 101 Å². The van der Waals surface area contributed by atoms with Crippen LogP contribution in [0.5, 0.6) is 0 Å². The Bertz CT molecular complexity index is 7060. The molecule has 0 fully saturated rings. The van der Waals surface area contributed by atoms with Crippen LogP contribution in [-0.2, 0) is 129 Å². The smallest absolute Gasteiger partial charge is 1.00 e. The number of nitrogens with zero attached hydrogens (tertiary/aromatic N) is 5. The molecule has 33 nitrogen and oxygen atoms in total. The molecule has 2 N–H and O–H groups in total. The van der Waals surface area contributed by atoms with Gasteiger partial charge < -0.3 is 37.4 Å². The van der Waals surface area contributed by atoms with Crippen molar-refractivity contribution in [3.63, 3.8) is 0 Å². The van der Waals surface area contributed by atoms with Crippen molar-refractivity contribution in [2.24, 2.45) is 4.99 Å². The number of allylic oxidation sites excluding steroid dienone is 6. The second kappa shape index (κ2) is 69.4. The Morgan fingerprint density at radius 2 is 0.899 bits per heavy atom. The maximum absolute atomic E-state index is 12.5. The number of aliphatic imine (C=N–C) groups is 1. The standard InChI is InChI=1S/C39H44N2O5S3.C20H25NO2S.C17H22NS.C13H13NS.C7H16O3.CH4.2BI.2B.K.6O3S/c1-6-7-20-40-29-16-17-31-27(18-23-47-31)35(29)38(2,3)33(40)14-10-8-11-15-34-39(4,5)36-28-19-24-48-37(28)32(49(43,44)45)25-30(36)41(34)21-12-9-13-22-46-26-42;1-13-12-16-18(15-9-11-24-19(13)15)20(3,4)14(2)21(16)10-7-5-6-8-17(22)23;1-5-6-10-18-12(2)17(3,4)16-13-9-11-19-15(13)8-7-14(16)18;1-8-13(2,3)12-9-6-7-15-11(9)5-4-10(12)14-8;1-6(8-2)5-7(9-3)10-4;;2*1-2;;;;6*1-4(2)3/h8,10-11,14-19,23-26H,6-7,9,12-13,20-22H2,1-5H3;9,11-12H,5-8,10H2,1-4H3;7-9,11H,5-6,10H2,1-4H3;4-7H,1-3H3;6-7H,5H2,1-4H3;1H4;;;;;;;;;;;/q;;+1;;;;;;;-1;+1;;;;;;/p+2. The number of rotatable bonds is 28. The Kier molecular flexibility index (Phi) is 67.3. The van der Waals surface area contributed by atoms with Crippen molar-refractivity contribution in [2.45, 2.75) is 247 Å². The first-order chi connectivity index (χ1) is 68.1. The summed E-state index contributed by atoms with van der Waals surface area (Å²) in [6, 6.07) is 28.4. The van der Waals surface area contributed by atoms with Crippen molar-refractivity contribution in [3.8, 4) is 0 Å². The van der Waals surface area contributed by atoms with Crippen molar-refractivity contribution in [1.82, 2.24) is 0 Å². The molecule has 0 aliphatic carbocycles. The topological polar surface area (TPSA) is 478 Å². The summed E-state index contributed by atoms with van der Waals surface area (Å²) in [7, 11) is -18.2. The average molecular weight is 2530 g/mol. The van der Waals surface area contributed by atoms with Crippen molar-refractivity contribution in [3.05, 3.63) is 175 Å². The predicted octanol–water partition coefficient (Wildman–Crippen LogP) is 17.2. The molecule has 0 bridgehead atoms. The van der Waals surface area contributed by atoms with Crippen LogP contribution in [0.4, 0.5) is 28.4 Å². The van der Waals surface area contributed by atoms with E-state index in [4.69, 9.17) is 99.8 Å². The zero-order valence-corrected chi connectivity index (χ0v) is 103. The van der Waals surface area contributed by atoms with Crippen LogP contribution in [0.25, 0.3) is 50.4 Å². The molecule has 803 valence electrons. The number of hydrogen-bond acceptors (Lipinski definition) is 33. The summed E-state index contributed by atoms with van der Waals surface area (Å²) in [5, 5.41) is 25.8. The maximum atomic E-state index is 12.5. The molecule has 5 aromatic carbocycles. The van der Waals surface area contributed by atoms with Crippen LogP contribution in [-0.4, -0.2) is 238 Å². The minimum atomic E-state index is -4.43. The number of carboxylic acids is 1. The number of thiophene rings is 5. The number of ether oxygens (including phenoxy) is 4. The molecule has 0 saturated heterocycles. The number of carbonyl (C=O) groups is 2. The number of unbranched alkanes of at least 4 members (excludes halogenated alkanes) is 6. The van der Waals surface area contributed by atoms with E-state index in [0.717, 1.165) is 105 Å². The molecule has 52 heteroatoms. The van der Waals surface area contributed by atoms with Crippen LogP contribution < -0.4 is 56.3 Å². The SMILES string of the molecule is C.CC1=Nc2ccc3sccc3c2C1(C)C.CC1=[N+](CCCCCC(=O)O)c2cc(C)c3sccc3c2C1(C)C.CCCC[N+]1=C(/C=C/C=C/C=C2/N(CCCCCOC=O)c3cc(S(=O)(=O)O)c4sccc4c3C2(C)C)C(C)(C)c2c1ccc1sccc21.CCCC[N+]1=C(C)C(C)(C)c2c1ccc1sccc21.COC(C)CC(OC)OC.O=S(=O)=O.O=S(=O)=O.O=S(=O)=O.O=S(=O)=O.O=S(=O)=O.O=S(=O)=O.[B-].[B].[B]I.[B]I.[K+]. The summed E-state index contributed by atoms with van der Waals surface area (Å²) in [5.41, 5.74) is 29.3. The van der Waals surface area contributed by atoms with Gasteiger partial charge in [0, 0.05) is 191 Å². The van der Waals surface area contributed by atoms with Gasteiger partial charge in [-0.1, -0.05) is 80.0 Å². The molecule has 1 atom stereocenters. The molecule has 149 heavy (non-hydrogen) atoms. The van der Waals surface area contributed by atoms with Crippen molar-refractivity contribution >= 4 is 318 Å². The number of benzene rings is 5. The molecule has 5 aliphatic rings. The van der Waals surface area contributed by atoms with Crippen LogP contribution in [0.3, 0.4) is 0 Å². The van der Waals surface area contributed by atoms with E-state index >= 15 is 0 Å². The van der Waals surface area contributed by atoms with Gasteiger partial charge in [-0.2, -0.15) is 66.9 Å². The molecule has 0 saturated carbocycles. The van der Waals surface area contributed by atoms with Gasteiger partial charge in [-0.25, -0.2) is 0 Å². The van der Waals surface area contributed by atoms with Gasteiger partial charge in [0.1, 0.15) is 24.5 Å². The third kappa shape index (κ3) is 41.2. The van der Waals surface area contributed by atoms with Gasteiger partial charge in [-0.3, -0.25) is 19.1 Å². The summed E-state index contributed by atoms with van der Waals surface area (Å²) in [5.74, 6) is -0.694. The molecular formula is C97H126B4I2KN5O28S12+3. The average Bonchev–Trinajstić information content (AvgIpc) is 1.56. The van der Waals surface area contributed by atoms with Crippen molar-refractivity contribution < 1.29 is 187 Å². The van der Waals surface area contributed by atoms with Gasteiger partial charge in [0.25, 0.3) is 16.6 Å². The largest absolute Gasteiger partial charge is 1.00 e. The summed E-state index contributed by atoms with van der Waals surface area (Å²) < 4.78 is 221. The number of carbonyl (C=O) groups excluding carboxylic acids is 1. The molecule has 1 unspecified atom stereocenters. The van der Waals surface area contributed by atoms with Gasteiger partial charge in [0.15, 0.2) is 34.8 Å². The van der Waals surface area contributed by atoms with Crippen molar-refractivity contribution in [1.29, 1.82) is 0 Å². The number of halogens is 2. The van der Waals surface area contributed by atoms with E-state index in [9.17, 15) is 22.6 Å². The molecular weight excluding hydrogens is 2400 g/mol. The Hall–Kier alpha value is -6.59. The first kappa shape index (κ1) is 144. The first-order valence-electron chi connectivity index (χ1n) is 44.8. The molecule has 11 radical (unpaired) electrons. The zero-order chi connectivity index (χ0) is 110. The van der Waals surface area contributed by atoms with Gasteiger partial charge in [0.2, 0.25) is 17.1 Å². The number of anilines is 1. The summed E-state index contributed by atoms with van der Waals surface area (Å²) in [6.45, 7) is 42.8. The molecule has 10 aromatic rings. The Balaban J connectivity index is 0. The fourth-order valence-corrected chi connectivity index (χ4v) is 22.9. The van der Waals surface area contributed by atoms with Crippen molar-refractivity contribution in [2.75, 3.05) is 59.0 Å². The quantitative estimate of drug-likeness (QED) is 0.00672. The van der Waals surface area contributed by atoms with E-state index in [-0.39, 0.29) is 121 Å². The van der Waals surface area contributed by atoms with E-state index in [1.165, 1.54) is 132 Å². The summed E-state index contributed by atoms with van der Waals surface area (Å²) >= 11 is 11.9. The number of aliphatic carboxylic acids is 1. The van der Waals surface area contributed by atoms with Gasteiger partial charge >= 0.3 is 121 Å². The van der Waals surface area contributed by atoms with Gasteiger partial charge in [-0.05, 0) is 210 Å². The van der Waals surface area contributed by atoms with E-state index in [1.54, 1.807) is 94.8 Å². The minimum absolute atomic E-state index is 0. The Morgan fingerprint density at radius 3 is 1.35 bits per heavy atom. The summed E-state index contributed by atoms with van der Waals surface area (Å²) in [4.78, 5) is 28.0. The second-order valence-corrected chi connectivity index (χ2v) is 43.7. The second-order valence-electron chi connectivity index (χ2n) is 35.2. The van der Waals surface area contributed by atoms with Crippen LogP contribution in [0.2, 0.25) is 0 Å². The normalized spacial score (nSPS) is 14.4. The maximum Gasteiger partial charge on any atom is 1.00 e. The molecule has 5 aromatic heterocycles. The third-order valence-electron chi connectivity index (χ3n) is 24.8. The van der Waals surface area contributed by atoms with E-state index < -0.39 is 85.2 Å². The number of methoxy groups -OCH3 is 3. The molecule has 0 amide bonds. The number of hydrogen-bond donors (Lipinski definition) is 2. The van der Waals surface area contributed by atoms with Gasteiger partial charge in [-0.15, -0.1) is 132 Å². The van der Waals surface area contributed by atoms with Crippen LogP contribution in [0.15, 0.2) is 152 Å². The van der Waals surface area contributed by atoms with Gasteiger partial charge in [0.05, 0.1) is 39.3 Å². The fourth-order valence-electron chi connectivity index (χ4n) is 17.7. The minimum Gasteiger partial charge on any atom is -1.00 e. The fraction of sp³-hybridized carbons (Fsp3) is 0.464. The monoisotopic (exact) mass is 2530 g/mol. The van der Waals surface area contributed by atoms with Crippen LogP contribution in [0.1, 0.15) is 229 Å². The molecule has 15 rings (SSSR count). The predicted molar refractivity (Wildman–Crippen MR) is 613 cm³/mol. The Labute approximate surface area is 979 Å². The molecule has 10 heterocycles. The van der Waals surface area contributed by atoms with E-state index in [2.05, 4.69) is 264 Å². The molecule has 0 spiro atoms. The van der Waals surface area contributed by atoms with E-state index in [1.807, 2.05) is 41.0 Å². The molecule has 5 aliphatic heterocycles. The van der Waals surface area contributed by atoms with E-state index in [0.29, 0.717) is 24.3 Å². The number of carboxylic acid groups (broad SMARTS) is 1. The first-order valence-corrected chi connectivity index (χ1v) is 59.1. The van der Waals surface area contributed by atoms with Crippen LogP contribution in [0, 0.1) is 6.92 Å². The summed E-state index contributed by atoms with van der Waals surface area (Å²) in [6.07, 6.45) is 21.7. The number of fused-ring (bicyclic) bond motifs is 15.